The second-order valence-electron chi connectivity index (χ2n) is 4.48. The Kier molecular flexibility index (Phi) is 3.96. The molecule has 2 N–H and O–H groups in total. The maximum atomic E-state index is 11.9. The molecule has 1 aliphatic rings. The van der Waals surface area contributed by atoms with Crippen LogP contribution in [0.1, 0.15) is 12.8 Å². The van der Waals surface area contributed by atoms with Crippen molar-refractivity contribution in [2.75, 3.05) is 18.4 Å². The maximum Gasteiger partial charge on any atom is 0.321 e. The lowest BCUT2D eigenvalue weighted by Crippen LogP contribution is -2.44. The van der Waals surface area contributed by atoms with E-state index < -0.39 is 11.0 Å². The van der Waals surface area contributed by atoms with Crippen LogP contribution in [0.3, 0.4) is 0 Å². The predicted molar refractivity (Wildman–Crippen MR) is 68.9 cm³/mol. The molecular formula is C12H15N3O4. The van der Waals surface area contributed by atoms with Gasteiger partial charge in [-0.15, -0.1) is 0 Å². The molecule has 1 unspecified atom stereocenters. The lowest BCUT2D eigenvalue weighted by atomic mass is 10.1. The third-order valence-electron chi connectivity index (χ3n) is 3.01. The van der Waals surface area contributed by atoms with Crippen molar-refractivity contribution >= 4 is 17.4 Å². The fraction of sp³-hybridized carbons (Fsp3) is 0.417. The highest BCUT2D eigenvalue weighted by Crippen LogP contribution is 2.17. The molecule has 1 atom stereocenters. The summed E-state index contributed by atoms with van der Waals surface area (Å²) in [5.41, 5.74) is 0.474. The average molecular weight is 265 g/mol. The molecule has 1 aliphatic heterocycles. The number of amides is 2. The number of anilines is 1. The Bertz CT molecular complexity index is 474. The van der Waals surface area contributed by atoms with Gasteiger partial charge in [0.1, 0.15) is 0 Å². The first kappa shape index (κ1) is 13.3. The van der Waals surface area contributed by atoms with E-state index in [0.717, 1.165) is 6.42 Å². The maximum absolute atomic E-state index is 11.9. The summed E-state index contributed by atoms with van der Waals surface area (Å²) in [6, 6.07) is 5.33. The third kappa shape index (κ3) is 3.41. The first-order chi connectivity index (χ1) is 9.06. The molecule has 1 heterocycles. The summed E-state index contributed by atoms with van der Waals surface area (Å²) in [4.78, 5) is 23.4. The smallest absolute Gasteiger partial charge is 0.321 e. The van der Waals surface area contributed by atoms with Crippen LogP contribution in [0.5, 0.6) is 0 Å². The van der Waals surface area contributed by atoms with Gasteiger partial charge in [-0.2, -0.15) is 0 Å². The molecule has 2 rings (SSSR count). The van der Waals surface area contributed by atoms with Gasteiger partial charge in [0.2, 0.25) is 0 Å². The number of urea groups is 1. The second-order valence-corrected chi connectivity index (χ2v) is 4.48. The summed E-state index contributed by atoms with van der Waals surface area (Å²) in [7, 11) is 0. The molecule has 0 spiro atoms. The summed E-state index contributed by atoms with van der Waals surface area (Å²) in [6.45, 7) is 0.925. The number of nitro benzene ring substituents is 1. The number of carbonyl (C=O) groups is 1. The van der Waals surface area contributed by atoms with E-state index in [4.69, 9.17) is 0 Å². The molecular weight excluding hydrogens is 250 g/mol. The molecule has 2 amide bonds. The van der Waals surface area contributed by atoms with Gasteiger partial charge in [0, 0.05) is 30.9 Å². The van der Waals surface area contributed by atoms with Crippen molar-refractivity contribution < 1.29 is 14.8 Å². The number of nitrogens with one attached hydrogen (secondary N) is 1. The van der Waals surface area contributed by atoms with E-state index in [-0.39, 0.29) is 11.7 Å². The Labute approximate surface area is 110 Å². The number of non-ortho nitro benzene ring substituents is 1. The number of hydrogen-bond donors (Lipinski definition) is 2. The lowest BCUT2D eigenvalue weighted by molar-refractivity contribution is -0.384. The molecule has 0 saturated carbocycles. The van der Waals surface area contributed by atoms with E-state index in [9.17, 15) is 20.0 Å². The van der Waals surface area contributed by atoms with Crippen molar-refractivity contribution in [2.24, 2.45) is 0 Å². The molecule has 1 fully saturated rings. The zero-order valence-corrected chi connectivity index (χ0v) is 10.3. The largest absolute Gasteiger partial charge is 0.391 e. The van der Waals surface area contributed by atoms with Crippen LogP contribution in [0.25, 0.3) is 0 Å². The highest BCUT2D eigenvalue weighted by atomic mass is 16.6. The number of benzene rings is 1. The Morgan fingerprint density at radius 3 is 2.68 bits per heavy atom. The zero-order chi connectivity index (χ0) is 13.8. The molecule has 0 aromatic heterocycles. The minimum absolute atomic E-state index is 0.0219. The van der Waals surface area contributed by atoms with Crippen LogP contribution >= 0.6 is 0 Å². The van der Waals surface area contributed by atoms with Crippen molar-refractivity contribution in [3.05, 3.63) is 34.4 Å². The van der Waals surface area contributed by atoms with E-state index in [1.807, 2.05) is 0 Å². The van der Waals surface area contributed by atoms with Gasteiger partial charge in [-0.3, -0.25) is 10.1 Å². The number of β-amino-alcohol motifs (C(OH)–C–C–N with tert-alkyl or cyclic N) is 1. The van der Waals surface area contributed by atoms with Crippen LogP contribution < -0.4 is 5.32 Å². The average Bonchev–Trinajstić information content (AvgIpc) is 2.39. The molecule has 1 aromatic rings. The monoisotopic (exact) mass is 265 g/mol. The van der Waals surface area contributed by atoms with Gasteiger partial charge in [0.15, 0.2) is 0 Å². The van der Waals surface area contributed by atoms with E-state index in [0.29, 0.717) is 25.2 Å². The van der Waals surface area contributed by atoms with Gasteiger partial charge >= 0.3 is 6.03 Å². The molecule has 1 aromatic carbocycles. The minimum Gasteiger partial charge on any atom is -0.391 e. The molecule has 0 radical (unpaired) electrons. The van der Waals surface area contributed by atoms with E-state index in [1.54, 1.807) is 0 Å². The molecule has 7 heteroatoms. The molecule has 1 saturated heterocycles. The van der Waals surface area contributed by atoms with E-state index in [2.05, 4.69) is 5.32 Å². The second kappa shape index (κ2) is 5.66. The lowest BCUT2D eigenvalue weighted by Gasteiger charge is -2.30. The van der Waals surface area contributed by atoms with Crippen LogP contribution in [0, 0.1) is 10.1 Å². The van der Waals surface area contributed by atoms with Crippen molar-refractivity contribution in [3.63, 3.8) is 0 Å². The molecule has 102 valence electrons. The highest BCUT2D eigenvalue weighted by Gasteiger charge is 2.22. The molecule has 7 nitrogen and oxygen atoms in total. The fourth-order valence-corrected chi connectivity index (χ4v) is 2.01. The molecule has 19 heavy (non-hydrogen) atoms. The molecule has 0 bridgehead atoms. The number of hydrogen-bond acceptors (Lipinski definition) is 4. The van der Waals surface area contributed by atoms with E-state index in [1.165, 1.54) is 29.2 Å². The number of piperidine rings is 1. The van der Waals surface area contributed by atoms with Crippen molar-refractivity contribution in [1.82, 2.24) is 4.90 Å². The number of nitro groups is 1. The quantitative estimate of drug-likeness (QED) is 0.626. The van der Waals surface area contributed by atoms with Gasteiger partial charge in [-0.25, -0.2) is 4.79 Å². The summed E-state index contributed by atoms with van der Waals surface area (Å²) in [6.07, 6.45) is 1.01. The summed E-state index contributed by atoms with van der Waals surface area (Å²) in [5.74, 6) is 0. The van der Waals surface area contributed by atoms with Crippen LogP contribution in [-0.2, 0) is 0 Å². The van der Waals surface area contributed by atoms with Crippen molar-refractivity contribution in [2.45, 2.75) is 18.9 Å². The number of nitrogens with zero attached hydrogens (tertiary/aromatic N) is 2. The molecule has 0 aliphatic carbocycles. The first-order valence-electron chi connectivity index (χ1n) is 6.05. The predicted octanol–water partition coefficient (Wildman–Crippen LogP) is 1.58. The number of aliphatic hydroxyl groups excluding tert-OH is 1. The number of likely N-dealkylation sites (tertiary alicyclic amines) is 1. The topological polar surface area (TPSA) is 95.7 Å². The number of aliphatic hydroxyl groups is 1. The SMILES string of the molecule is O=C(Nc1ccc([N+](=O)[O-])cc1)N1CCCC(O)C1. The van der Waals surface area contributed by atoms with Gasteiger partial charge in [-0.05, 0) is 25.0 Å². The first-order valence-corrected chi connectivity index (χ1v) is 6.05. The zero-order valence-electron chi connectivity index (χ0n) is 10.3. The third-order valence-corrected chi connectivity index (χ3v) is 3.01. The Morgan fingerprint density at radius 1 is 1.42 bits per heavy atom. The van der Waals surface area contributed by atoms with Gasteiger partial charge in [0.05, 0.1) is 11.0 Å². The standard InChI is InChI=1S/C12H15N3O4/c16-11-2-1-7-14(8-11)12(17)13-9-3-5-10(6-4-9)15(18)19/h3-6,11,16H,1-2,7-8H2,(H,13,17). The summed E-state index contributed by atoms with van der Waals surface area (Å²) < 4.78 is 0. The Balaban J connectivity index is 1.96. The van der Waals surface area contributed by atoms with Gasteiger partial charge in [-0.1, -0.05) is 0 Å². The van der Waals surface area contributed by atoms with Crippen molar-refractivity contribution in [3.8, 4) is 0 Å². The Hall–Kier alpha value is -2.15. The van der Waals surface area contributed by atoms with Crippen molar-refractivity contribution in [1.29, 1.82) is 0 Å². The van der Waals surface area contributed by atoms with Crippen LogP contribution in [0.4, 0.5) is 16.2 Å². The van der Waals surface area contributed by atoms with Crippen LogP contribution in [-0.4, -0.2) is 40.2 Å². The summed E-state index contributed by atoms with van der Waals surface area (Å²) in [5, 5.41) is 22.6. The number of carbonyl (C=O) groups excluding carboxylic acids is 1. The minimum atomic E-state index is -0.493. The van der Waals surface area contributed by atoms with E-state index >= 15 is 0 Å². The normalized spacial score (nSPS) is 19.0. The highest BCUT2D eigenvalue weighted by molar-refractivity contribution is 5.89. The fourth-order valence-electron chi connectivity index (χ4n) is 2.01. The number of rotatable bonds is 2. The van der Waals surface area contributed by atoms with Crippen LogP contribution in [0.15, 0.2) is 24.3 Å². The van der Waals surface area contributed by atoms with Gasteiger partial charge in [0.25, 0.3) is 5.69 Å². The van der Waals surface area contributed by atoms with Crippen LogP contribution in [0.2, 0.25) is 0 Å². The van der Waals surface area contributed by atoms with Gasteiger partial charge < -0.3 is 15.3 Å². The Morgan fingerprint density at radius 2 is 2.11 bits per heavy atom. The summed E-state index contributed by atoms with van der Waals surface area (Å²) >= 11 is 0.